The SMILES string of the molecule is COCc1ccc(C(=O)OCC(=O)c2cc(C)n(-c3cc(C)cc(C)c3)c2C)cc1. The molecule has 30 heavy (non-hydrogen) atoms. The Morgan fingerprint density at radius 1 is 0.900 bits per heavy atom. The van der Waals surface area contributed by atoms with Gasteiger partial charge in [-0.25, -0.2) is 4.79 Å². The van der Waals surface area contributed by atoms with Crippen molar-refractivity contribution in [2.45, 2.75) is 34.3 Å². The van der Waals surface area contributed by atoms with Crippen LogP contribution in [0, 0.1) is 27.7 Å². The van der Waals surface area contributed by atoms with Gasteiger partial charge in [-0.1, -0.05) is 18.2 Å². The molecule has 1 aromatic heterocycles. The van der Waals surface area contributed by atoms with E-state index in [-0.39, 0.29) is 12.4 Å². The van der Waals surface area contributed by atoms with E-state index in [4.69, 9.17) is 9.47 Å². The van der Waals surface area contributed by atoms with E-state index >= 15 is 0 Å². The summed E-state index contributed by atoms with van der Waals surface area (Å²) in [6, 6.07) is 15.1. The van der Waals surface area contributed by atoms with Crippen molar-refractivity contribution in [3.8, 4) is 5.69 Å². The Labute approximate surface area is 177 Å². The maximum absolute atomic E-state index is 12.8. The summed E-state index contributed by atoms with van der Waals surface area (Å²) in [4.78, 5) is 25.1. The zero-order valence-corrected chi connectivity index (χ0v) is 18.1. The van der Waals surface area contributed by atoms with Crippen LogP contribution in [-0.2, 0) is 16.1 Å². The van der Waals surface area contributed by atoms with Gasteiger partial charge in [-0.15, -0.1) is 0 Å². The number of hydrogen-bond donors (Lipinski definition) is 0. The number of rotatable bonds is 7. The second-order valence-corrected chi connectivity index (χ2v) is 7.60. The van der Waals surface area contributed by atoms with E-state index in [2.05, 4.69) is 36.6 Å². The first-order chi connectivity index (χ1) is 14.3. The molecule has 3 aromatic rings. The Balaban J connectivity index is 1.74. The van der Waals surface area contributed by atoms with Crippen LogP contribution in [-0.4, -0.2) is 30.0 Å². The molecule has 0 atom stereocenters. The first kappa shape index (κ1) is 21.5. The van der Waals surface area contributed by atoms with Gasteiger partial charge in [-0.05, 0) is 74.7 Å². The average Bonchev–Trinajstić information content (AvgIpc) is 3.00. The predicted molar refractivity (Wildman–Crippen MR) is 116 cm³/mol. The molecule has 0 radical (unpaired) electrons. The van der Waals surface area contributed by atoms with Crippen LogP contribution in [0.1, 0.15) is 48.8 Å². The number of aromatic nitrogens is 1. The standard InChI is InChI=1S/C25H27NO4/c1-16-10-17(2)12-22(11-16)26-18(3)13-23(19(26)4)24(27)15-30-25(28)21-8-6-20(7-9-21)14-29-5/h6-13H,14-15H2,1-5H3. The lowest BCUT2D eigenvalue weighted by Crippen LogP contribution is -2.15. The maximum Gasteiger partial charge on any atom is 0.338 e. The van der Waals surface area contributed by atoms with Gasteiger partial charge in [0.05, 0.1) is 12.2 Å². The first-order valence-electron chi connectivity index (χ1n) is 9.86. The minimum absolute atomic E-state index is 0.219. The summed E-state index contributed by atoms with van der Waals surface area (Å²) in [6.45, 7) is 8.17. The molecular formula is C25H27NO4. The molecule has 1 heterocycles. The van der Waals surface area contributed by atoms with Crippen molar-refractivity contribution < 1.29 is 19.1 Å². The molecule has 0 unspecified atom stereocenters. The van der Waals surface area contributed by atoms with Gasteiger partial charge in [0, 0.05) is 29.7 Å². The fourth-order valence-electron chi connectivity index (χ4n) is 3.72. The molecule has 0 N–H and O–H groups in total. The number of hydrogen-bond acceptors (Lipinski definition) is 4. The topological polar surface area (TPSA) is 57.5 Å². The molecule has 0 spiro atoms. The molecule has 5 nitrogen and oxygen atoms in total. The van der Waals surface area contributed by atoms with E-state index in [1.165, 1.54) is 0 Å². The maximum atomic E-state index is 12.8. The number of esters is 1. The summed E-state index contributed by atoms with van der Waals surface area (Å²) in [5.74, 6) is -0.737. The van der Waals surface area contributed by atoms with Crippen molar-refractivity contribution in [3.05, 3.63) is 87.7 Å². The predicted octanol–water partition coefficient (Wildman–Crippen LogP) is 4.90. The lowest BCUT2D eigenvalue weighted by Gasteiger charge is -2.12. The van der Waals surface area contributed by atoms with Gasteiger partial charge in [0.25, 0.3) is 0 Å². The monoisotopic (exact) mass is 405 g/mol. The molecule has 0 bridgehead atoms. The van der Waals surface area contributed by atoms with Crippen LogP contribution in [0.5, 0.6) is 0 Å². The third kappa shape index (κ3) is 4.69. The number of nitrogens with zero attached hydrogens (tertiary/aromatic N) is 1. The van der Waals surface area contributed by atoms with E-state index in [0.717, 1.165) is 33.8 Å². The van der Waals surface area contributed by atoms with E-state index in [1.807, 2.05) is 19.9 Å². The van der Waals surface area contributed by atoms with Crippen LogP contribution >= 0.6 is 0 Å². The molecule has 156 valence electrons. The molecule has 0 aliphatic rings. The number of Topliss-reactive ketones (excluding diaryl/α,β-unsaturated/α-hetero) is 1. The third-order valence-corrected chi connectivity index (χ3v) is 5.03. The van der Waals surface area contributed by atoms with E-state index in [9.17, 15) is 9.59 Å². The highest BCUT2D eigenvalue weighted by atomic mass is 16.5. The zero-order valence-electron chi connectivity index (χ0n) is 18.1. The minimum atomic E-state index is -0.518. The number of methoxy groups -OCH3 is 1. The molecule has 0 aliphatic heterocycles. The van der Waals surface area contributed by atoms with Crippen molar-refractivity contribution in [2.75, 3.05) is 13.7 Å². The fraction of sp³-hybridized carbons (Fsp3) is 0.280. The second-order valence-electron chi connectivity index (χ2n) is 7.60. The molecule has 0 amide bonds. The summed E-state index contributed by atoms with van der Waals surface area (Å²) in [5, 5.41) is 0. The number of carbonyl (C=O) groups is 2. The summed E-state index contributed by atoms with van der Waals surface area (Å²) >= 11 is 0. The number of benzene rings is 2. The van der Waals surface area contributed by atoms with Gasteiger partial charge in [0.15, 0.2) is 6.61 Å². The summed E-state index contributed by atoms with van der Waals surface area (Å²) in [6.07, 6.45) is 0. The number of carbonyl (C=O) groups excluding carboxylic acids is 2. The molecule has 0 saturated heterocycles. The van der Waals surface area contributed by atoms with Gasteiger partial charge in [-0.3, -0.25) is 4.79 Å². The molecule has 0 fully saturated rings. The lowest BCUT2D eigenvalue weighted by atomic mass is 10.1. The highest BCUT2D eigenvalue weighted by molar-refractivity contribution is 6.00. The van der Waals surface area contributed by atoms with Crippen molar-refractivity contribution >= 4 is 11.8 Å². The molecular weight excluding hydrogens is 378 g/mol. The number of ether oxygens (including phenoxy) is 2. The van der Waals surface area contributed by atoms with Gasteiger partial charge in [0.2, 0.25) is 5.78 Å². The highest BCUT2D eigenvalue weighted by Gasteiger charge is 2.19. The quantitative estimate of drug-likeness (QED) is 0.414. The van der Waals surface area contributed by atoms with E-state index in [1.54, 1.807) is 31.4 Å². The largest absolute Gasteiger partial charge is 0.454 e. The first-order valence-corrected chi connectivity index (χ1v) is 9.86. The Kier molecular flexibility index (Phi) is 6.53. The van der Waals surface area contributed by atoms with Crippen LogP contribution in [0.3, 0.4) is 0 Å². The normalized spacial score (nSPS) is 10.8. The van der Waals surface area contributed by atoms with Gasteiger partial charge in [-0.2, -0.15) is 0 Å². The minimum Gasteiger partial charge on any atom is -0.454 e. The third-order valence-electron chi connectivity index (χ3n) is 5.03. The Bertz CT molecular complexity index is 1060. The summed E-state index contributed by atoms with van der Waals surface area (Å²) in [5.41, 5.74) is 7.08. The van der Waals surface area contributed by atoms with Crippen molar-refractivity contribution in [1.82, 2.24) is 4.57 Å². The Morgan fingerprint density at radius 3 is 2.13 bits per heavy atom. The van der Waals surface area contributed by atoms with Crippen LogP contribution in [0.15, 0.2) is 48.5 Å². The van der Waals surface area contributed by atoms with Crippen LogP contribution in [0.25, 0.3) is 5.69 Å². The van der Waals surface area contributed by atoms with Crippen molar-refractivity contribution in [2.24, 2.45) is 0 Å². The molecule has 5 heteroatoms. The second kappa shape index (κ2) is 9.09. The molecule has 2 aromatic carbocycles. The van der Waals surface area contributed by atoms with E-state index in [0.29, 0.717) is 17.7 Å². The summed E-state index contributed by atoms with van der Waals surface area (Å²) < 4.78 is 12.4. The smallest absolute Gasteiger partial charge is 0.338 e. The van der Waals surface area contributed by atoms with Gasteiger partial charge >= 0.3 is 5.97 Å². The van der Waals surface area contributed by atoms with Crippen LogP contribution in [0.4, 0.5) is 0 Å². The van der Waals surface area contributed by atoms with Crippen molar-refractivity contribution in [1.29, 1.82) is 0 Å². The zero-order chi connectivity index (χ0) is 21.8. The molecule has 0 saturated carbocycles. The van der Waals surface area contributed by atoms with Crippen LogP contribution in [0.2, 0.25) is 0 Å². The molecule has 3 rings (SSSR count). The lowest BCUT2D eigenvalue weighted by molar-refractivity contribution is 0.0474. The van der Waals surface area contributed by atoms with Gasteiger partial charge < -0.3 is 14.0 Å². The fourth-order valence-corrected chi connectivity index (χ4v) is 3.72. The Hall–Kier alpha value is -3.18. The molecule has 0 aliphatic carbocycles. The van der Waals surface area contributed by atoms with Crippen molar-refractivity contribution in [3.63, 3.8) is 0 Å². The van der Waals surface area contributed by atoms with E-state index < -0.39 is 5.97 Å². The Morgan fingerprint density at radius 2 is 1.53 bits per heavy atom. The van der Waals surface area contributed by atoms with Gasteiger partial charge in [0.1, 0.15) is 0 Å². The summed E-state index contributed by atoms with van der Waals surface area (Å²) in [7, 11) is 1.62. The number of ketones is 1. The average molecular weight is 405 g/mol. The number of aryl methyl sites for hydroxylation is 3. The highest BCUT2D eigenvalue weighted by Crippen LogP contribution is 2.23. The van der Waals surface area contributed by atoms with Crippen LogP contribution < -0.4 is 0 Å².